The van der Waals surface area contributed by atoms with Gasteiger partial charge in [0.2, 0.25) is 0 Å². The highest BCUT2D eigenvalue weighted by Gasteiger charge is 2.46. The molecule has 2 aromatic heterocycles. The maximum Gasteiger partial charge on any atom is 0.393 e. The van der Waals surface area contributed by atoms with Crippen molar-refractivity contribution in [2.24, 2.45) is 5.41 Å². The highest BCUT2D eigenvalue weighted by atomic mass is 35.5. The SMILES string of the molecule is CN(c1cccc(CCC(C)(C)C(F)(F)F)c1)c1nc2nncn2c2cc(Cl)ccc12. The summed E-state index contributed by atoms with van der Waals surface area (Å²) < 4.78 is 41.4. The van der Waals surface area contributed by atoms with Crippen molar-refractivity contribution in [3.05, 3.63) is 59.4 Å². The summed E-state index contributed by atoms with van der Waals surface area (Å²) in [7, 11) is 1.86. The lowest BCUT2D eigenvalue weighted by Gasteiger charge is -2.28. The highest BCUT2D eigenvalue weighted by Crippen LogP contribution is 2.41. The van der Waals surface area contributed by atoms with Crippen molar-refractivity contribution >= 4 is 39.8 Å². The van der Waals surface area contributed by atoms with Gasteiger partial charge in [0.25, 0.3) is 5.78 Å². The minimum atomic E-state index is -4.24. The van der Waals surface area contributed by atoms with Crippen LogP contribution >= 0.6 is 11.6 Å². The van der Waals surface area contributed by atoms with E-state index in [1.807, 2.05) is 48.3 Å². The molecule has 0 aliphatic carbocycles. The van der Waals surface area contributed by atoms with E-state index in [0.717, 1.165) is 22.2 Å². The van der Waals surface area contributed by atoms with Gasteiger partial charge in [-0.3, -0.25) is 4.40 Å². The Morgan fingerprint density at radius 3 is 2.61 bits per heavy atom. The summed E-state index contributed by atoms with van der Waals surface area (Å²) in [5.74, 6) is 1.08. The van der Waals surface area contributed by atoms with Crippen LogP contribution in [0.5, 0.6) is 0 Å². The van der Waals surface area contributed by atoms with Gasteiger partial charge in [0.1, 0.15) is 12.1 Å². The Kier molecular flexibility index (Phi) is 5.29. The van der Waals surface area contributed by atoms with Gasteiger partial charge in [0.15, 0.2) is 0 Å². The Morgan fingerprint density at radius 2 is 1.87 bits per heavy atom. The zero-order valence-corrected chi connectivity index (χ0v) is 18.0. The van der Waals surface area contributed by atoms with E-state index in [2.05, 4.69) is 15.2 Å². The van der Waals surface area contributed by atoms with Crippen molar-refractivity contribution in [1.82, 2.24) is 19.6 Å². The van der Waals surface area contributed by atoms with Crippen LogP contribution in [0.4, 0.5) is 24.7 Å². The quantitative estimate of drug-likeness (QED) is 0.364. The number of fused-ring (bicyclic) bond motifs is 3. The van der Waals surface area contributed by atoms with Gasteiger partial charge in [0.05, 0.1) is 10.9 Å². The summed E-state index contributed by atoms with van der Waals surface area (Å²) >= 11 is 6.19. The lowest BCUT2D eigenvalue weighted by Crippen LogP contribution is -2.32. The number of benzene rings is 2. The average molecular weight is 448 g/mol. The number of aryl methyl sites for hydroxylation is 1. The largest absolute Gasteiger partial charge is 0.393 e. The second kappa shape index (κ2) is 7.67. The van der Waals surface area contributed by atoms with E-state index in [1.165, 1.54) is 13.8 Å². The van der Waals surface area contributed by atoms with Crippen LogP contribution in [0.3, 0.4) is 0 Å². The third-order valence-corrected chi connectivity index (χ3v) is 5.85. The molecule has 0 amide bonds. The molecule has 0 radical (unpaired) electrons. The van der Waals surface area contributed by atoms with Crippen molar-refractivity contribution in [1.29, 1.82) is 0 Å². The molecule has 0 bridgehead atoms. The van der Waals surface area contributed by atoms with E-state index >= 15 is 0 Å². The Bertz CT molecular complexity index is 1250. The molecule has 0 unspecified atom stereocenters. The molecule has 0 spiro atoms. The molecule has 0 aliphatic heterocycles. The highest BCUT2D eigenvalue weighted by molar-refractivity contribution is 6.31. The molecule has 0 atom stereocenters. The van der Waals surface area contributed by atoms with Crippen LogP contribution in [0.25, 0.3) is 16.7 Å². The van der Waals surface area contributed by atoms with Crippen LogP contribution in [-0.4, -0.2) is 32.8 Å². The van der Waals surface area contributed by atoms with Crippen molar-refractivity contribution < 1.29 is 13.2 Å². The Labute approximate surface area is 182 Å². The molecule has 31 heavy (non-hydrogen) atoms. The van der Waals surface area contributed by atoms with Crippen LogP contribution in [0.2, 0.25) is 5.02 Å². The van der Waals surface area contributed by atoms with Gasteiger partial charge in [-0.25, -0.2) is 0 Å². The fraction of sp³-hybridized carbons (Fsp3) is 0.318. The second-order valence-corrected chi connectivity index (χ2v) is 8.64. The zero-order valence-electron chi connectivity index (χ0n) is 17.3. The number of rotatable bonds is 5. The van der Waals surface area contributed by atoms with Crippen molar-refractivity contribution in [2.75, 3.05) is 11.9 Å². The Balaban J connectivity index is 1.69. The summed E-state index contributed by atoms with van der Waals surface area (Å²) in [5.41, 5.74) is 0.713. The monoisotopic (exact) mass is 447 g/mol. The van der Waals surface area contributed by atoms with Crippen LogP contribution in [0.15, 0.2) is 48.8 Å². The molecule has 0 N–H and O–H groups in total. The topological polar surface area (TPSA) is 46.3 Å². The lowest BCUT2D eigenvalue weighted by atomic mass is 9.85. The predicted molar refractivity (Wildman–Crippen MR) is 116 cm³/mol. The van der Waals surface area contributed by atoms with Gasteiger partial charge in [-0.15, -0.1) is 10.2 Å². The van der Waals surface area contributed by atoms with Crippen molar-refractivity contribution in [3.8, 4) is 0 Å². The molecular weight excluding hydrogens is 427 g/mol. The first-order valence-electron chi connectivity index (χ1n) is 9.75. The van der Waals surface area contributed by atoms with Gasteiger partial charge in [-0.2, -0.15) is 18.2 Å². The maximum atomic E-state index is 13.2. The van der Waals surface area contributed by atoms with E-state index in [9.17, 15) is 13.2 Å². The number of anilines is 2. The van der Waals surface area contributed by atoms with Gasteiger partial charge >= 0.3 is 6.18 Å². The zero-order chi connectivity index (χ0) is 22.4. The number of alkyl halides is 3. The Hall–Kier alpha value is -2.87. The molecule has 9 heteroatoms. The second-order valence-electron chi connectivity index (χ2n) is 8.21. The van der Waals surface area contributed by atoms with E-state index in [4.69, 9.17) is 11.6 Å². The third kappa shape index (κ3) is 4.04. The molecule has 2 heterocycles. The summed E-state index contributed by atoms with van der Waals surface area (Å²) in [5, 5.41) is 9.42. The molecule has 5 nitrogen and oxygen atoms in total. The van der Waals surface area contributed by atoms with E-state index in [0.29, 0.717) is 23.0 Å². The molecule has 0 aliphatic rings. The minimum absolute atomic E-state index is 0.00898. The predicted octanol–water partition coefficient (Wildman–Crippen LogP) is 6.22. The first-order chi connectivity index (χ1) is 14.6. The smallest absolute Gasteiger partial charge is 0.329 e. The average Bonchev–Trinajstić information content (AvgIpc) is 3.19. The number of hydrogen-bond acceptors (Lipinski definition) is 4. The van der Waals surface area contributed by atoms with Crippen LogP contribution in [0.1, 0.15) is 25.8 Å². The standard InChI is InChI=1S/C22H21ClF3N5/c1-21(2,22(24,25)26)10-9-14-5-4-6-16(11-14)30(3)19-17-8-7-15(23)12-18(17)31-13-27-29-20(31)28-19/h4-8,11-13H,9-10H2,1-3H3. The summed E-state index contributed by atoms with van der Waals surface area (Å²) in [4.78, 5) is 6.53. The lowest BCUT2D eigenvalue weighted by molar-refractivity contribution is -0.213. The fourth-order valence-electron chi connectivity index (χ4n) is 3.42. The summed E-state index contributed by atoms with van der Waals surface area (Å²) in [6, 6.07) is 13.0. The minimum Gasteiger partial charge on any atom is -0.329 e. The number of hydrogen-bond donors (Lipinski definition) is 0. The molecular formula is C22H21ClF3N5. The molecule has 0 fully saturated rings. The van der Waals surface area contributed by atoms with Crippen LogP contribution < -0.4 is 4.90 Å². The first-order valence-corrected chi connectivity index (χ1v) is 10.1. The molecule has 4 rings (SSSR count). The van der Waals surface area contributed by atoms with Crippen LogP contribution in [-0.2, 0) is 6.42 Å². The van der Waals surface area contributed by atoms with Crippen molar-refractivity contribution in [2.45, 2.75) is 32.9 Å². The number of nitrogens with zero attached hydrogens (tertiary/aromatic N) is 5. The van der Waals surface area contributed by atoms with Gasteiger partial charge in [-0.1, -0.05) is 37.6 Å². The molecule has 2 aromatic carbocycles. The Morgan fingerprint density at radius 1 is 1.10 bits per heavy atom. The van der Waals surface area contributed by atoms with E-state index in [1.54, 1.807) is 16.8 Å². The third-order valence-electron chi connectivity index (χ3n) is 5.62. The van der Waals surface area contributed by atoms with Gasteiger partial charge in [-0.05, 0) is 48.7 Å². The maximum absolute atomic E-state index is 13.2. The molecule has 0 saturated carbocycles. The number of halogens is 4. The normalized spacial score (nSPS) is 12.6. The van der Waals surface area contributed by atoms with E-state index in [-0.39, 0.29) is 6.42 Å². The fourth-order valence-corrected chi connectivity index (χ4v) is 3.59. The molecule has 162 valence electrons. The van der Waals surface area contributed by atoms with E-state index < -0.39 is 11.6 Å². The number of aromatic nitrogens is 4. The van der Waals surface area contributed by atoms with Crippen molar-refractivity contribution in [3.63, 3.8) is 0 Å². The van der Waals surface area contributed by atoms with Gasteiger partial charge in [0, 0.05) is 23.1 Å². The van der Waals surface area contributed by atoms with Gasteiger partial charge < -0.3 is 4.90 Å². The van der Waals surface area contributed by atoms with Crippen LogP contribution in [0, 0.1) is 5.41 Å². The summed E-state index contributed by atoms with van der Waals surface area (Å²) in [6.45, 7) is 2.47. The molecule has 0 saturated heterocycles. The summed E-state index contributed by atoms with van der Waals surface area (Å²) in [6.07, 6.45) is -2.33. The molecule has 4 aromatic rings. The first kappa shape index (κ1) is 21.4.